The van der Waals surface area contributed by atoms with Crippen LogP contribution < -0.4 is 0 Å². The fourth-order valence-corrected chi connectivity index (χ4v) is 25.0. The Labute approximate surface area is 208 Å². The van der Waals surface area contributed by atoms with E-state index in [2.05, 4.69) is 0 Å². The summed E-state index contributed by atoms with van der Waals surface area (Å²) in [4.78, 5) is -3.17. The average Bonchev–Trinajstić information content (AvgIpc) is 2.33. The van der Waals surface area contributed by atoms with Crippen LogP contribution in [0.3, 0.4) is 0 Å². The van der Waals surface area contributed by atoms with E-state index in [1.165, 1.54) is 26.7 Å². The highest BCUT2D eigenvalue weighted by atomic mass is 32.3. The smallest absolute Gasteiger partial charge is 0.300 e. The SMILES string of the molecule is CP(C)(=O)CS(=O)(=O)C(F)S(=O)(=O)CP(C)(C)=O.CP(C)(=O)CS(=O)(=O)CS(=O)(=O)CP(C)(C)=O. The Morgan fingerprint density at radius 2 is 0.686 bits per heavy atom. The second-order valence-electron chi connectivity index (χ2n) is 10.0. The molecule has 0 aromatic rings. The summed E-state index contributed by atoms with van der Waals surface area (Å²) in [6.07, 6.45) is 0. The fraction of sp³-hybridized carbons (Fsp3) is 1.00. The van der Waals surface area contributed by atoms with E-state index < -0.39 is 99.8 Å². The minimum Gasteiger partial charge on any atom is -0.323 e. The molecule has 0 aromatic heterocycles. The highest BCUT2D eigenvalue weighted by Gasteiger charge is 2.41. The van der Waals surface area contributed by atoms with Gasteiger partial charge in [-0.3, -0.25) is 0 Å². The monoisotopic (exact) mass is 666 g/mol. The molecule has 35 heavy (non-hydrogen) atoms. The van der Waals surface area contributed by atoms with Crippen molar-refractivity contribution in [1.29, 1.82) is 0 Å². The minimum absolute atomic E-state index is 0.642. The second kappa shape index (κ2) is 12.2. The maximum atomic E-state index is 13.6. The van der Waals surface area contributed by atoms with E-state index in [0.717, 1.165) is 26.7 Å². The lowest BCUT2D eigenvalue weighted by atomic mass is 11.7. The summed E-state index contributed by atoms with van der Waals surface area (Å²) in [5.74, 6) is 0. The quantitative estimate of drug-likeness (QED) is 0.275. The van der Waals surface area contributed by atoms with Crippen molar-refractivity contribution in [1.82, 2.24) is 0 Å². The molecule has 0 heterocycles. The molecule has 0 radical (unpaired) electrons. The van der Waals surface area contributed by atoms with Crippen LogP contribution in [-0.2, 0) is 57.6 Å². The molecule has 214 valence electrons. The van der Waals surface area contributed by atoms with Crippen LogP contribution in [0.5, 0.6) is 0 Å². The van der Waals surface area contributed by atoms with Crippen LogP contribution in [0.2, 0.25) is 0 Å². The lowest BCUT2D eigenvalue weighted by Crippen LogP contribution is -2.30. The molecular formula is C14H35FO12P4S4. The maximum Gasteiger partial charge on any atom is 0.300 e. The highest BCUT2D eigenvalue weighted by molar-refractivity contribution is 8.14. The van der Waals surface area contributed by atoms with Gasteiger partial charge in [-0.05, 0) is 53.3 Å². The Morgan fingerprint density at radius 3 is 0.857 bits per heavy atom. The first-order valence-corrected chi connectivity index (χ1v) is 27.5. The topological polar surface area (TPSA) is 205 Å². The van der Waals surface area contributed by atoms with E-state index in [-0.39, 0.29) is 0 Å². The van der Waals surface area contributed by atoms with Gasteiger partial charge in [0.25, 0.3) is 0 Å². The molecule has 0 unspecified atom stereocenters. The van der Waals surface area contributed by atoms with Crippen molar-refractivity contribution in [3.05, 3.63) is 0 Å². The summed E-state index contributed by atoms with van der Waals surface area (Å²) in [5.41, 5.74) is -3.34. The zero-order chi connectivity index (χ0) is 29.1. The van der Waals surface area contributed by atoms with Crippen LogP contribution >= 0.6 is 28.6 Å². The van der Waals surface area contributed by atoms with Crippen LogP contribution in [-0.4, -0.2) is 119 Å². The van der Waals surface area contributed by atoms with Crippen molar-refractivity contribution in [3.8, 4) is 0 Å². The number of hydrogen-bond acceptors (Lipinski definition) is 12. The van der Waals surface area contributed by atoms with Gasteiger partial charge in [-0.2, -0.15) is 0 Å². The molecule has 0 amide bonds. The molecule has 0 saturated heterocycles. The predicted octanol–water partition coefficient (Wildman–Crippen LogP) is 2.16. The van der Waals surface area contributed by atoms with Gasteiger partial charge in [0, 0.05) is 0 Å². The second-order valence-corrected chi connectivity index (χ2v) is 34.4. The summed E-state index contributed by atoms with van der Waals surface area (Å²) < 4.78 is 151. The number of hydrogen-bond donors (Lipinski definition) is 0. The molecule has 0 spiro atoms. The summed E-state index contributed by atoms with van der Waals surface area (Å²) in [6, 6.07) is 0. The van der Waals surface area contributed by atoms with Crippen molar-refractivity contribution >= 4 is 67.9 Å². The Hall–Kier alpha value is 0.650. The standard InChI is InChI=1S/C7H17FO6P2S2.C7H18O6P2S2/c1-15(2,9)5-17(11,12)7(8)18(13,14)6-16(3,4)10;1-14(2,8)5-16(10,11)7-17(12,13)6-15(3,4)9/h7H,5-6H2,1-4H3;5-7H2,1-4H3. The van der Waals surface area contributed by atoms with E-state index in [1.54, 1.807) is 0 Å². The van der Waals surface area contributed by atoms with E-state index in [4.69, 9.17) is 0 Å². The first kappa shape index (κ1) is 37.8. The van der Waals surface area contributed by atoms with Gasteiger partial charge in [0.15, 0.2) is 24.8 Å². The molecule has 21 heteroatoms. The van der Waals surface area contributed by atoms with Gasteiger partial charge in [0.2, 0.25) is 19.7 Å². The zero-order valence-corrected chi connectivity index (χ0v) is 27.7. The van der Waals surface area contributed by atoms with E-state index in [1.807, 2.05) is 0 Å². The summed E-state index contributed by atoms with van der Waals surface area (Å²) in [6.45, 7) is 9.60. The van der Waals surface area contributed by atoms with Crippen LogP contribution in [0.15, 0.2) is 0 Å². The van der Waals surface area contributed by atoms with Crippen molar-refractivity contribution in [3.63, 3.8) is 0 Å². The third-order valence-corrected chi connectivity index (χ3v) is 24.7. The number of halogens is 1. The predicted molar refractivity (Wildman–Crippen MR) is 143 cm³/mol. The molecule has 0 saturated carbocycles. The Morgan fingerprint density at radius 1 is 0.486 bits per heavy atom. The Bertz CT molecular complexity index is 1270. The van der Waals surface area contributed by atoms with Gasteiger partial charge in [-0.15, -0.1) is 0 Å². The van der Waals surface area contributed by atoms with E-state index in [9.17, 15) is 56.3 Å². The molecule has 0 aromatic carbocycles. The molecule has 0 fully saturated rings. The van der Waals surface area contributed by atoms with Crippen molar-refractivity contribution in [2.24, 2.45) is 0 Å². The van der Waals surface area contributed by atoms with Gasteiger partial charge < -0.3 is 18.3 Å². The average molecular weight is 667 g/mol. The van der Waals surface area contributed by atoms with Crippen LogP contribution in [0.4, 0.5) is 4.39 Å². The molecule has 0 atom stereocenters. The van der Waals surface area contributed by atoms with Crippen LogP contribution in [0.1, 0.15) is 0 Å². The lowest BCUT2D eigenvalue weighted by molar-refractivity contribution is 0.480. The van der Waals surface area contributed by atoms with Crippen LogP contribution in [0, 0.1) is 0 Å². The zero-order valence-electron chi connectivity index (χ0n) is 20.8. The molecular weight excluding hydrogens is 631 g/mol. The highest BCUT2D eigenvalue weighted by Crippen LogP contribution is 2.43. The third kappa shape index (κ3) is 20.3. The number of rotatable bonds is 12. The molecule has 0 aliphatic heterocycles. The number of alkyl halides is 1. The van der Waals surface area contributed by atoms with Crippen molar-refractivity contribution in [2.45, 2.75) is 4.84 Å². The summed E-state index contributed by atoms with van der Waals surface area (Å²) in [5, 5.41) is -1.09. The summed E-state index contributed by atoms with van der Waals surface area (Å²) in [7, 11) is -29.2. The first-order chi connectivity index (χ1) is 14.7. The van der Waals surface area contributed by atoms with Crippen molar-refractivity contribution < 1.29 is 56.3 Å². The normalized spacial score (nSPS) is 14.9. The van der Waals surface area contributed by atoms with Gasteiger partial charge >= 0.3 is 4.84 Å². The Kier molecular flexibility index (Phi) is 13.2. The minimum atomic E-state index is -4.69. The first-order valence-electron chi connectivity index (χ1n) is 9.33. The molecule has 12 nitrogen and oxygen atoms in total. The molecule has 0 aliphatic carbocycles. The molecule has 0 rings (SSSR count). The Balaban J connectivity index is 0. The molecule has 0 bridgehead atoms. The molecule has 0 N–H and O–H groups in total. The van der Waals surface area contributed by atoms with Gasteiger partial charge in [-0.25, -0.2) is 38.1 Å². The third-order valence-electron chi connectivity index (χ3n) is 2.92. The fourth-order valence-electron chi connectivity index (χ4n) is 2.50. The van der Waals surface area contributed by atoms with Crippen molar-refractivity contribution in [2.75, 3.05) is 80.4 Å². The molecule has 0 aliphatic rings. The van der Waals surface area contributed by atoms with E-state index >= 15 is 0 Å². The number of sulfone groups is 4. The summed E-state index contributed by atoms with van der Waals surface area (Å²) >= 11 is 0. The van der Waals surface area contributed by atoms with Gasteiger partial charge in [0.05, 0.1) is 28.6 Å². The lowest BCUT2D eigenvalue weighted by Gasteiger charge is -2.14. The van der Waals surface area contributed by atoms with Gasteiger partial charge in [0.1, 0.15) is 22.0 Å². The maximum absolute atomic E-state index is 13.6. The van der Waals surface area contributed by atoms with Gasteiger partial charge in [-0.1, -0.05) is 0 Å². The van der Waals surface area contributed by atoms with E-state index in [0.29, 0.717) is 0 Å². The van der Waals surface area contributed by atoms with Crippen LogP contribution in [0.25, 0.3) is 0 Å². The largest absolute Gasteiger partial charge is 0.323 e.